The van der Waals surface area contributed by atoms with Crippen molar-refractivity contribution in [2.24, 2.45) is 4.99 Å². The van der Waals surface area contributed by atoms with Gasteiger partial charge in [-0.15, -0.1) is 24.0 Å². The lowest BCUT2D eigenvalue weighted by molar-refractivity contribution is 0.223. The second kappa shape index (κ2) is 13.0. The van der Waals surface area contributed by atoms with Crippen LogP contribution in [0.4, 0.5) is 4.39 Å². The van der Waals surface area contributed by atoms with Crippen molar-refractivity contribution in [3.05, 3.63) is 47.8 Å². The maximum absolute atomic E-state index is 13.3. The van der Waals surface area contributed by atoms with Gasteiger partial charge in [0.15, 0.2) is 17.5 Å². The van der Waals surface area contributed by atoms with Crippen LogP contribution >= 0.6 is 24.0 Å². The first-order valence-electron chi connectivity index (χ1n) is 9.16. The van der Waals surface area contributed by atoms with Crippen LogP contribution in [-0.4, -0.2) is 47.0 Å². The lowest BCUT2D eigenvalue weighted by Crippen LogP contribution is -2.41. The molecule has 0 bridgehead atoms. The first-order chi connectivity index (χ1) is 14.0. The van der Waals surface area contributed by atoms with Crippen molar-refractivity contribution in [1.82, 2.24) is 10.6 Å². The van der Waals surface area contributed by atoms with E-state index in [2.05, 4.69) is 15.6 Å². The standard InChI is InChI=1S/C21H28FN3O4.HI/c1-14(29-17-8-6-7-16(22)11-17)12-24-21(23-2)25-13-15-9-18(26-3)20(28-5)19(10-15)27-4;/h6-11,14H,12-13H2,1-5H3,(H2,23,24,25);1H. The van der Waals surface area contributed by atoms with Crippen LogP contribution in [0, 0.1) is 5.82 Å². The van der Waals surface area contributed by atoms with Crippen LogP contribution < -0.4 is 29.6 Å². The van der Waals surface area contributed by atoms with Crippen LogP contribution in [0.2, 0.25) is 0 Å². The highest BCUT2D eigenvalue weighted by Gasteiger charge is 2.13. The maximum Gasteiger partial charge on any atom is 0.203 e. The highest BCUT2D eigenvalue weighted by molar-refractivity contribution is 14.0. The predicted molar refractivity (Wildman–Crippen MR) is 126 cm³/mol. The zero-order chi connectivity index (χ0) is 21.2. The van der Waals surface area contributed by atoms with Gasteiger partial charge in [0.05, 0.1) is 27.9 Å². The summed E-state index contributed by atoms with van der Waals surface area (Å²) in [7, 11) is 6.41. The van der Waals surface area contributed by atoms with Crippen LogP contribution in [0.15, 0.2) is 41.4 Å². The fourth-order valence-electron chi connectivity index (χ4n) is 2.70. The lowest BCUT2D eigenvalue weighted by atomic mass is 10.2. The normalized spacial score (nSPS) is 11.7. The Kier molecular flexibility index (Phi) is 11.1. The molecule has 2 aromatic carbocycles. The van der Waals surface area contributed by atoms with E-state index in [1.165, 1.54) is 12.1 Å². The summed E-state index contributed by atoms with van der Waals surface area (Å²) in [4.78, 5) is 4.21. The first kappa shape index (κ1) is 25.6. The van der Waals surface area contributed by atoms with Gasteiger partial charge in [-0.05, 0) is 36.8 Å². The number of aliphatic imine (C=N–C) groups is 1. The molecule has 0 aliphatic heterocycles. The lowest BCUT2D eigenvalue weighted by Gasteiger charge is -2.18. The fraction of sp³-hybridized carbons (Fsp3) is 0.381. The Labute approximate surface area is 194 Å². The molecule has 2 aromatic rings. The second-order valence-electron chi connectivity index (χ2n) is 6.23. The van der Waals surface area contributed by atoms with E-state index >= 15 is 0 Å². The van der Waals surface area contributed by atoms with E-state index in [1.807, 2.05) is 19.1 Å². The van der Waals surface area contributed by atoms with E-state index in [0.29, 0.717) is 42.0 Å². The molecule has 166 valence electrons. The predicted octanol–water partition coefficient (Wildman–Crippen LogP) is 3.60. The molecular weight excluding hydrogens is 504 g/mol. The molecule has 0 saturated heterocycles. The molecular formula is C21H29FIN3O4. The number of benzene rings is 2. The zero-order valence-corrected chi connectivity index (χ0v) is 20.2. The van der Waals surface area contributed by atoms with Gasteiger partial charge in [-0.3, -0.25) is 4.99 Å². The van der Waals surface area contributed by atoms with Crippen LogP contribution in [-0.2, 0) is 6.54 Å². The summed E-state index contributed by atoms with van der Waals surface area (Å²) < 4.78 is 35.0. The molecule has 1 unspecified atom stereocenters. The molecule has 9 heteroatoms. The van der Waals surface area contributed by atoms with Gasteiger partial charge >= 0.3 is 0 Å². The number of hydrogen-bond donors (Lipinski definition) is 2. The topological polar surface area (TPSA) is 73.3 Å². The van der Waals surface area contributed by atoms with Gasteiger partial charge in [-0.25, -0.2) is 4.39 Å². The van der Waals surface area contributed by atoms with Crippen molar-refractivity contribution < 1.29 is 23.3 Å². The zero-order valence-electron chi connectivity index (χ0n) is 17.8. The molecule has 0 radical (unpaired) electrons. The van der Waals surface area contributed by atoms with E-state index in [1.54, 1.807) is 40.5 Å². The number of methoxy groups -OCH3 is 3. The van der Waals surface area contributed by atoms with Crippen molar-refractivity contribution >= 4 is 29.9 Å². The first-order valence-corrected chi connectivity index (χ1v) is 9.16. The van der Waals surface area contributed by atoms with Gasteiger partial charge in [-0.1, -0.05) is 6.07 Å². The van der Waals surface area contributed by atoms with E-state index in [9.17, 15) is 4.39 Å². The maximum atomic E-state index is 13.3. The van der Waals surface area contributed by atoms with Gasteiger partial charge in [0.25, 0.3) is 0 Å². The number of halogens is 2. The van der Waals surface area contributed by atoms with Gasteiger partial charge in [0.2, 0.25) is 5.75 Å². The Hall–Kier alpha value is -2.43. The van der Waals surface area contributed by atoms with E-state index in [-0.39, 0.29) is 35.9 Å². The summed E-state index contributed by atoms with van der Waals surface area (Å²) in [5, 5.41) is 6.41. The van der Waals surface area contributed by atoms with Gasteiger partial charge in [-0.2, -0.15) is 0 Å². The molecule has 0 aliphatic rings. The third-order valence-electron chi connectivity index (χ3n) is 4.10. The van der Waals surface area contributed by atoms with Crippen molar-refractivity contribution in [2.75, 3.05) is 34.9 Å². The minimum absolute atomic E-state index is 0. The third-order valence-corrected chi connectivity index (χ3v) is 4.10. The molecule has 0 amide bonds. The fourth-order valence-corrected chi connectivity index (χ4v) is 2.70. The molecule has 0 spiro atoms. The second-order valence-corrected chi connectivity index (χ2v) is 6.23. The Morgan fingerprint density at radius 1 is 1.03 bits per heavy atom. The van der Waals surface area contributed by atoms with Crippen molar-refractivity contribution in [2.45, 2.75) is 19.6 Å². The molecule has 0 heterocycles. The van der Waals surface area contributed by atoms with Gasteiger partial charge in [0, 0.05) is 19.7 Å². The van der Waals surface area contributed by atoms with Crippen LogP contribution in [0.3, 0.4) is 0 Å². The van der Waals surface area contributed by atoms with Gasteiger partial charge < -0.3 is 29.6 Å². The number of ether oxygens (including phenoxy) is 4. The quantitative estimate of drug-likeness (QED) is 0.292. The molecule has 2 rings (SSSR count). The van der Waals surface area contributed by atoms with Crippen molar-refractivity contribution in [3.63, 3.8) is 0 Å². The monoisotopic (exact) mass is 533 g/mol. The van der Waals surface area contributed by atoms with E-state index < -0.39 is 0 Å². The average Bonchev–Trinajstić information content (AvgIpc) is 2.72. The molecule has 2 N–H and O–H groups in total. The summed E-state index contributed by atoms with van der Waals surface area (Å²) >= 11 is 0. The summed E-state index contributed by atoms with van der Waals surface area (Å²) in [6, 6.07) is 9.81. The van der Waals surface area contributed by atoms with Crippen molar-refractivity contribution in [1.29, 1.82) is 0 Å². The minimum Gasteiger partial charge on any atom is -0.493 e. The molecule has 30 heavy (non-hydrogen) atoms. The van der Waals surface area contributed by atoms with Gasteiger partial charge in [0.1, 0.15) is 17.7 Å². The summed E-state index contributed by atoms with van der Waals surface area (Å²) in [5.74, 6) is 2.48. The number of nitrogens with one attached hydrogen (secondary N) is 2. The molecule has 0 saturated carbocycles. The molecule has 0 fully saturated rings. The molecule has 1 atom stereocenters. The van der Waals surface area contributed by atoms with Crippen LogP contribution in [0.1, 0.15) is 12.5 Å². The Morgan fingerprint density at radius 3 is 2.23 bits per heavy atom. The average molecular weight is 533 g/mol. The third kappa shape index (κ3) is 7.43. The largest absolute Gasteiger partial charge is 0.493 e. The number of hydrogen-bond acceptors (Lipinski definition) is 5. The van der Waals surface area contributed by atoms with Crippen LogP contribution in [0.5, 0.6) is 23.0 Å². The minimum atomic E-state index is -0.328. The summed E-state index contributed by atoms with van der Waals surface area (Å²) in [6.45, 7) is 2.88. The number of rotatable bonds is 9. The molecule has 0 aromatic heterocycles. The highest BCUT2D eigenvalue weighted by atomic mass is 127. The summed E-state index contributed by atoms with van der Waals surface area (Å²) in [6.07, 6.45) is -0.184. The number of nitrogens with zero attached hydrogens (tertiary/aromatic N) is 1. The molecule has 0 aliphatic carbocycles. The SMILES string of the molecule is CN=C(NCc1cc(OC)c(OC)c(OC)c1)NCC(C)Oc1cccc(F)c1.I. The highest BCUT2D eigenvalue weighted by Crippen LogP contribution is 2.38. The van der Waals surface area contributed by atoms with E-state index in [0.717, 1.165) is 5.56 Å². The van der Waals surface area contributed by atoms with E-state index in [4.69, 9.17) is 18.9 Å². The van der Waals surface area contributed by atoms with Crippen molar-refractivity contribution in [3.8, 4) is 23.0 Å². The Balaban J connectivity index is 0.00000450. The molecule has 7 nitrogen and oxygen atoms in total. The smallest absolute Gasteiger partial charge is 0.203 e. The van der Waals surface area contributed by atoms with Crippen LogP contribution in [0.25, 0.3) is 0 Å². The Morgan fingerprint density at radius 2 is 1.70 bits per heavy atom. The Bertz CT molecular complexity index is 811. The number of guanidine groups is 1. The summed E-state index contributed by atoms with van der Waals surface area (Å²) in [5.41, 5.74) is 0.937.